The second-order valence-electron chi connectivity index (χ2n) is 8.00. The van der Waals surface area contributed by atoms with Gasteiger partial charge in [-0.2, -0.15) is 0 Å². The highest BCUT2D eigenvalue weighted by Crippen LogP contribution is 2.36. The molecule has 1 aliphatic carbocycles. The Hall–Kier alpha value is -3.89. The molecule has 1 unspecified atom stereocenters. The normalized spacial score (nSPS) is 18.8. The monoisotopic (exact) mass is 469 g/mol. The molecule has 0 spiro atoms. The first kappa shape index (κ1) is 23.3. The first-order valence-corrected chi connectivity index (χ1v) is 11.3. The van der Waals surface area contributed by atoms with Crippen LogP contribution in [0.15, 0.2) is 54.7 Å². The molecule has 180 valence electrons. The summed E-state index contributed by atoms with van der Waals surface area (Å²) in [5.41, 5.74) is 0.763. The molecule has 2 aliphatic heterocycles. The zero-order valence-corrected chi connectivity index (χ0v) is 18.9. The summed E-state index contributed by atoms with van der Waals surface area (Å²) in [6.45, 7) is 3.01. The van der Waals surface area contributed by atoms with E-state index in [0.717, 1.165) is 18.4 Å². The third-order valence-electron chi connectivity index (χ3n) is 5.90. The lowest BCUT2D eigenvalue weighted by Crippen LogP contribution is -2.38. The number of nitro groups is 1. The Morgan fingerprint density at radius 3 is 2.82 bits per heavy atom. The Bertz CT molecular complexity index is 1040. The molecule has 34 heavy (non-hydrogen) atoms. The molecule has 1 N–H and O–H groups in total. The van der Waals surface area contributed by atoms with Gasteiger partial charge in [0.25, 0.3) is 0 Å². The summed E-state index contributed by atoms with van der Waals surface area (Å²) in [5.74, 6) is 0.330. The number of carbonyl (C=O) groups is 1. The topological polar surface area (TPSA) is 129 Å². The molecule has 1 fully saturated rings. The summed E-state index contributed by atoms with van der Waals surface area (Å²) < 4.78 is 16.0. The quantitative estimate of drug-likeness (QED) is 0.342. The zero-order valence-electron chi connectivity index (χ0n) is 18.9. The summed E-state index contributed by atoms with van der Waals surface area (Å²) in [4.78, 5) is 34.0. The average Bonchev–Trinajstić information content (AvgIpc) is 2.88. The molecule has 1 atom stereocenters. The largest absolute Gasteiger partial charge is 0.466 e. The van der Waals surface area contributed by atoms with Gasteiger partial charge in [-0.15, -0.1) is 0 Å². The van der Waals surface area contributed by atoms with Crippen molar-refractivity contribution < 1.29 is 23.9 Å². The van der Waals surface area contributed by atoms with Crippen LogP contribution in [0, 0.1) is 16.0 Å². The van der Waals surface area contributed by atoms with Gasteiger partial charge in [0.2, 0.25) is 11.6 Å². The van der Waals surface area contributed by atoms with Crippen LogP contribution in [-0.4, -0.2) is 46.6 Å². The number of piperidine rings is 1. The molecule has 3 heterocycles. The van der Waals surface area contributed by atoms with E-state index in [1.165, 1.54) is 25.1 Å². The molecule has 1 aromatic heterocycles. The number of ether oxygens (including phenoxy) is 3. The van der Waals surface area contributed by atoms with Crippen molar-refractivity contribution in [1.82, 2.24) is 9.97 Å². The van der Waals surface area contributed by atoms with E-state index in [0.29, 0.717) is 38.3 Å². The van der Waals surface area contributed by atoms with Crippen molar-refractivity contribution in [3.8, 4) is 0 Å². The number of nitrogens with zero attached hydrogens (tertiary/aromatic N) is 4. The Morgan fingerprint density at radius 2 is 2.18 bits per heavy atom. The van der Waals surface area contributed by atoms with Crippen molar-refractivity contribution in [2.75, 3.05) is 29.9 Å². The van der Waals surface area contributed by atoms with Crippen LogP contribution in [0.5, 0.6) is 0 Å². The molecule has 0 radical (unpaired) electrons. The van der Waals surface area contributed by atoms with Crippen LogP contribution in [0.4, 0.5) is 17.3 Å². The summed E-state index contributed by atoms with van der Waals surface area (Å²) in [6.07, 6.45) is 14.2. The van der Waals surface area contributed by atoms with E-state index < -0.39 is 11.0 Å². The number of nitrogens with one attached hydrogen (secondary N) is 1. The molecule has 4 rings (SSSR count). The van der Waals surface area contributed by atoms with Gasteiger partial charge in [0.1, 0.15) is 31.2 Å². The molecule has 0 bridgehead atoms. The number of allylic oxidation sites excluding steroid dienone is 3. The van der Waals surface area contributed by atoms with Gasteiger partial charge in [-0.05, 0) is 38.2 Å². The van der Waals surface area contributed by atoms with E-state index in [4.69, 9.17) is 14.2 Å². The molecule has 0 aromatic carbocycles. The van der Waals surface area contributed by atoms with Gasteiger partial charge in [0.05, 0.1) is 17.4 Å². The number of esters is 1. The fraction of sp³-hybridized carbons (Fsp3) is 0.435. The predicted octanol–water partition coefficient (Wildman–Crippen LogP) is 3.58. The lowest BCUT2D eigenvalue weighted by Gasteiger charge is -2.31. The van der Waals surface area contributed by atoms with Crippen molar-refractivity contribution >= 4 is 23.3 Å². The van der Waals surface area contributed by atoms with E-state index in [-0.39, 0.29) is 29.2 Å². The number of hydrogen-bond donors (Lipinski definition) is 1. The van der Waals surface area contributed by atoms with Gasteiger partial charge < -0.3 is 24.4 Å². The van der Waals surface area contributed by atoms with Crippen molar-refractivity contribution in [2.24, 2.45) is 5.92 Å². The van der Waals surface area contributed by atoms with Gasteiger partial charge in [0, 0.05) is 13.1 Å². The highest BCUT2D eigenvalue weighted by atomic mass is 16.6. The van der Waals surface area contributed by atoms with E-state index in [1.807, 2.05) is 17.1 Å². The van der Waals surface area contributed by atoms with Crippen molar-refractivity contribution in [2.45, 2.75) is 38.6 Å². The van der Waals surface area contributed by atoms with Gasteiger partial charge in [-0.1, -0.05) is 18.2 Å². The van der Waals surface area contributed by atoms with Gasteiger partial charge >= 0.3 is 11.7 Å². The van der Waals surface area contributed by atoms with Crippen LogP contribution in [0.3, 0.4) is 0 Å². The second kappa shape index (κ2) is 10.8. The molecule has 0 saturated carbocycles. The number of aromatic nitrogens is 2. The Labute approximate surface area is 196 Å². The molecular formula is C23H27N5O6. The maximum absolute atomic E-state index is 12.2. The van der Waals surface area contributed by atoms with Crippen LogP contribution in [0.1, 0.15) is 32.6 Å². The van der Waals surface area contributed by atoms with E-state index in [1.54, 1.807) is 6.92 Å². The summed E-state index contributed by atoms with van der Waals surface area (Å²) in [7, 11) is 0. The smallest absolute Gasteiger partial charge is 0.353 e. The lowest BCUT2D eigenvalue weighted by molar-refractivity contribution is -0.383. The maximum atomic E-state index is 12.2. The molecule has 3 aliphatic rings. The van der Waals surface area contributed by atoms with E-state index in [9.17, 15) is 14.9 Å². The number of hydrogen-bond acceptors (Lipinski definition) is 10. The first-order valence-electron chi connectivity index (χ1n) is 11.3. The Morgan fingerprint density at radius 1 is 1.35 bits per heavy atom. The first-order chi connectivity index (χ1) is 16.6. The van der Waals surface area contributed by atoms with E-state index >= 15 is 0 Å². The SMILES string of the molecule is CCOC(=O)C1CCN(c2ncnc(NC(C3=CC=CCC3)C3=COC=CO3)c2[N+](=O)[O-])CC1. The van der Waals surface area contributed by atoms with Crippen LogP contribution < -0.4 is 10.2 Å². The van der Waals surface area contributed by atoms with Gasteiger partial charge in [-0.25, -0.2) is 9.97 Å². The van der Waals surface area contributed by atoms with Crippen LogP contribution >= 0.6 is 0 Å². The highest BCUT2D eigenvalue weighted by Gasteiger charge is 2.34. The number of rotatable bonds is 8. The molecule has 11 heteroatoms. The Kier molecular flexibility index (Phi) is 7.41. The Balaban J connectivity index is 1.60. The number of anilines is 2. The second-order valence-corrected chi connectivity index (χ2v) is 8.00. The molecule has 1 saturated heterocycles. The minimum Gasteiger partial charge on any atom is -0.466 e. The van der Waals surface area contributed by atoms with Crippen molar-refractivity contribution in [3.05, 3.63) is 64.8 Å². The molecule has 1 aromatic rings. The molecule has 0 amide bonds. The highest BCUT2D eigenvalue weighted by molar-refractivity contribution is 5.74. The minimum absolute atomic E-state index is 0.0852. The summed E-state index contributed by atoms with van der Waals surface area (Å²) in [6, 6.07) is -0.508. The standard InChI is InChI=1S/C23H27N5O6/c1-2-33-23(29)17-8-10-27(11-9-17)22-20(28(30)31)21(24-15-25-22)26-19(16-6-4-3-5-7-16)18-14-32-12-13-34-18/h3-4,6,12-15,17,19H,2,5,7-11H2,1H3,(H,24,25,26). The lowest BCUT2D eigenvalue weighted by atomic mass is 9.96. The number of carbonyl (C=O) groups excluding carboxylic acids is 1. The van der Waals surface area contributed by atoms with Gasteiger partial charge in [-0.3, -0.25) is 14.9 Å². The maximum Gasteiger partial charge on any atom is 0.353 e. The fourth-order valence-corrected chi connectivity index (χ4v) is 4.22. The average molecular weight is 469 g/mol. The third-order valence-corrected chi connectivity index (χ3v) is 5.90. The summed E-state index contributed by atoms with van der Waals surface area (Å²) in [5, 5.41) is 15.3. The minimum atomic E-state index is -0.508. The van der Waals surface area contributed by atoms with Crippen LogP contribution in [0.2, 0.25) is 0 Å². The van der Waals surface area contributed by atoms with Crippen molar-refractivity contribution in [1.29, 1.82) is 0 Å². The molecule has 11 nitrogen and oxygen atoms in total. The van der Waals surface area contributed by atoms with Gasteiger partial charge in [0.15, 0.2) is 5.76 Å². The van der Waals surface area contributed by atoms with Crippen LogP contribution in [-0.2, 0) is 19.0 Å². The zero-order chi connectivity index (χ0) is 23.9. The van der Waals surface area contributed by atoms with Crippen LogP contribution in [0.25, 0.3) is 0 Å². The third kappa shape index (κ3) is 5.19. The predicted molar refractivity (Wildman–Crippen MR) is 124 cm³/mol. The molecular weight excluding hydrogens is 442 g/mol. The fourth-order valence-electron chi connectivity index (χ4n) is 4.22. The van der Waals surface area contributed by atoms with Crippen molar-refractivity contribution in [3.63, 3.8) is 0 Å². The summed E-state index contributed by atoms with van der Waals surface area (Å²) >= 11 is 0. The van der Waals surface area contributed by atoms with E-state index in [2.05, 4.69) is 21.4 Å².